The number of aryl methyl sites for hydroxylation is 2. The molecule has 19 heavy (non-hydrogen) atoms. The lowest BCUT2D eigenvalue weighted by molar-refractivity contribution is 0.156. The van der Waals surface area contributed by atoms with Crippen molar-refractivity contribution in [3.8, 4) is 0 Å². The first-order valence-electron chi connectivity index (χ1n) is 6.74. The number of hydrogen-bond donors (Lipinski definition) is 2. The molecule has 0 aliphatic carbocycles. The molecule has 0 aromatic heterocycles. The molecule has 98 valence electrons. The van der Waals surface area contributed by atoms with Crippen LogP contribution < -0.4 is 5.32 Å². The fraction of sp³-hybridized carbons (Fsp3) is 0.294. The molecule has 1 aliphatic heterocycles. The van der Waals surface area contributed by atoms with Crippen LogP contribution in [0, 0.1) is 13.8 Å². The van der Waals surface area contributed by atoms with Gasteiger partial charge in [0.25, 0.3) is 0 Å². The zero-order valence-corrected chi connectivity index (χ0v) is 11.4. The number of nitrogens with one attached hydrogen (secondary N) is 1. The minimum Gasteiger partial charge on any atom is -0.386 e. The van der Waals surface area contributed by atoms with Gasteiger partial charge in [-0.2, -0.15) is 0 Å². The van der Waals surface area contributed by atoms with E-state index in [-0.39, 0.29) is 6.04 Å². The first kappa shape index (κ1) is 12.2. The summed E-state index contributed by atoms with van der Waals surface area (Å²) in [6.45, 7) is 4.14. The third-order valence-corrected chi connectivity index (χ3v) is 3.76. The Kier molecular flexibility index (Phi) is 3.03. The molecule has 2 aromatic rings. The summed E-state index contributed by atoms with van der Waals surface area (Å²) >= 11 is 0. The van der Waals surface area contributed by atoms with E-state index in [1.807, 2.05) is 12.1 Å². The van der Waals surface area contributed by atoms with E-state index >= 15 is 0 Å². The molecule has 2 heteroatoms. The number of rotatable bonds is 2. The van der Waals surface area contributed by atoms with Crippen LogP contribution in [0.15, 0.2) is 42.5 Å². The Labute approximate surface area is 114 Å². The zero-order chi connectivity index (χ0) is 13.4. The van der Waals surface area contributed by atoms with Gasteiger partial charge in [-0.1, -0.05) is 47.5 Å². The normalized spacial score (nSPS) is 18.8. The van der Waals surface area contributed by atoms with Crippen molar-refractivity contribution in [2.24, 2.45) is 0 Å². The van der Waals surface area contributed by atoms with E-state index in [0.29, 0.717) is 0 Å². The molecular formula is C17H19NO. The molecule has 2 atom stereocenters. The van der Waals surface area contributed by atoms with Gasteiger partial charge in [0.05, 0.1) is 12.1 Å². The highest BCUT2D eigenvalue weighted by molar-refractivity contribution is 5.57. The van der Waals surface area contributed by atoms with Crippen molar-refractivity contribution in [1.82, 2.24) is 0 Å². The van der Waals surface area contributed by atoms with Crippen LogP contribution in [0.1, 0.15) is 28.4 Å². The standard InChI is InChI=1S/C17H19NO/c1-11-7-12(2)9-14(8-11)17(19)16-10-13-5-3-4-6-15(13)18-16/h3-9,16-19H,10H2,1-2H3. The Balaban J connectivity index is 1.84. The number of para-hydroxylation sites is 1. The molecule has 0 fully saturated rings. The zero-order valence-electron chi connectivity index (χ0n) is 11.4. The van der Waals surface area contributed by atoms with Gasteiger partial charge in [0.1, 0.15) is 0 Å². The fourth-order valence-corrected chi connectivity index (χ4v) is 2.93. The van der Waals surface area contributed by atoms with Gasteiger partial charge in [-0.3, -0.25) is 0 Å². The predicted molar refractivity (Wildman–Crippen MR) is 78.4 cm³/mol. The van der Waals surface area contributed by atoms with Crippen LogP contribution in [0.25, 0.3) is 0 Å². The Morgan fingerprint density at radius 3 is 2.47 bits per heavy atom. The van der Waals surface area contributed by atoms with E-state index in [9.17, 15) is 5.11 Å². The summed E-state index contributed by atoms with van der Waals surface area (Å²) in [6.07, 6.45) is 0.413. The summed E-state index contributed by atoms with van der Waals surface area (Å²) in [6, 6.07) is 14.6. The number of aliphatic hydroxyl groups excluding tert-OH is 1. The van der Waals surface area contributed by atoms with Crippen molar-refractivity contribution in [3.05, 3.63) is 64.7 Å². The Morgan fingerprint density at radius 1 is 1.11 bits per heavy atom. The van der Waals surface area contributed by atoms with Gasteiger partial charge in [-0.05, 0) is 37.5 Å². The maximum Gasteiger partial charge on any atom is 0.0994 e. The van der Waals surface area contributed by atoms with Gasteiger partial charge in [0, 0.05) is 5.69 Å². The van der Waals surface area contributed by atoms with E-state index in [4.69, 9.17) is 0 Å². The predicted octanol–water partition coefficient (Wildman–Crippen LogP) is 3.37. The topological polar surface area (TPSA) is 32.3 Å². The van der Waals surface area contributed by atoms with E-state index < -0.39 is 6.10 Å². The van der Waals surface area contributed by atoms with Gasteiger partial charge in [0.15, 0.2) is 0 Å². The van der Waals surface area contributed by atoms with Crippen LogP contribution >= 0.6 is 0 Å². The van der Waals surface area contributed by atoms with Gasteiger partial charge >= 0.3 is 0 Å². The number of hydrogen-bond acceptors (Lipinski definition) is 2. The van der Waals surface area contributed by atoms with Gasteiger partial charge in [-0.25, -0.2) is 0 Å². The Hall–Kier alpha value is -1.80. The minimum absolute atomic E-state index is 0.0681. The molecule has 2 unspecified atom stereocenters. The Bertz CT molecular complexity index is 561. The van der Waals surface area contributed by atoms with Crippen LogP contribution in [-0.2, 0) is 6.42 Å². The van der Waals surface area contributed by atoms with Gasteiger partial charge < -0.3 is 10.4 Å². The van der Waals surface area contributed by atoms with Crippen LogP contribution in [0.5, 0.6) is 0 Å². The monoisotopic (exact) mass is 253 g/mol. The molecule has 0 bridgehead atoms. The highest BCUT2D eigenvalue weighted by Crippen LogP contribution is 2.32. The van der Waals surface area contributed by atoms with Crippen LogP contribution in [0.3, 0.4) is 0 Å². The first-order chi connectivity index (χ1) is 9.13. The minimum atomic E-state index is -0.467. The molecule has 3 rings (SSSR count). The molecule has 0 radical (unpaired) electrons. The second-order valence-electron chi connectivity index (χ2n) is 5.48. The van der Waals surface area contributed by atoms with Crippen molar-refractivity contribution in [2.75, 3.05) is 5.32 Å². The van der Waals surface area contributed by atoms with Gasteiger partial charge in [0.2, 0.25) is 0 Å². The van der Waals surface area contributed by atoms with Crippen molar-refractivity contribution >= 4 is 5.69 Å². The molecule has 2 aromatic carbocycles. The van der Waals surface area contributed by atoms with E-state index in [1.54, 1.807) is 0 Å². The molecule has 0 amide bonds. The molecule has 1 aliphatic rings. The summed E-state index contributed by atoms with van der Waals surface area (Å²) in [5, 5.41) is 14.0. The first-order valence-corrected chi connectivity index (χ1v) is 6.74. The molecule has 1 heterocycles. The molecule has 0 saturated carbocycles. The van der Waals surface area contributed by atoms with Crippen LogP contribution in [0.4, 0.5) is 5.69 Å². The van der Waals surface area contributed by atoms with Crippen LogP contribution in [0.2, 0.25) is 0 Å². The highest BCUT2D eigenvalue weighted by Gasteiger charge is 2.27. The summed E-state index contributed by atoms with van der Waals surface area (Å²) in [5.41, 5.74) is 5.84. The van der Waals surface area contributed by atoms with Gasteiger partial charge in [-0.15, -0.1) is 0 Å². The average Bonchev–Trinajstić information content (AvgIpc) is 2.80. The largest absolute Gasteiger partial charge is 0.386 e. The quantitative estimate of drug-likeness (QED) is 0.860. The number of benzene rings is 2. The van der Waals surface area contributed by atoms with Crippen molar-refractivity contribution < 1.29 is 5.11 Å². The van der Waals surface area contributed by atoms with Crippen molar-refractivity contribution in [2.45, 2.75) is 32.4 Å². The number of fused-ring (bicyclic) bond motifs is 1. The lowest BCUT2D eigenvalue weighted by Crippen LogP contribution is -2.24. The van der Waals surface area contributed by atoms with E-state index in [0.717, 1.165) is 17.7 Å². The fourth-order valence-electron chi connectivity index (χ4n) is 2.93. The second-order valence-corrected chi connectivity index (χ2v) is 5.48. The third kappa shape index (κ3) is 2.36. The summed E-state index contributed by atoms with van der Waals surface area (Å²) in [4.78, 5) is 0. The number of anilines is 1. The summed E-state index contributed by atoms with van der Waals surface area (Å²) in [7, 11) is 0. The molecule has 2 nitrogen and oxygen atoms in total. The molecular weight excluding hydrogens is 234 g/mol. The number of aliphatic hydroxyl groups is 1. The third-order valence-electron chi connectivity index (χ3n) is 3.76. The van der Waals surface area contributed by atoms with Crippen LogP contribution in [-0.4, -0.2) is 11.1 Å². The molecule has 0 spiro atoms. The average molecular weight is 253 g/mol. The lowest BCUT2D eigenvalue weighted by atomic mass is 9.96. The SMILES string of the molecule is Cc1cc(C)cc(C(O)C2Cc3ccccc3N2)c1. The second kappa shape index (κ2) is 4.71. The Morgan fingerprint density at radius 2 is 1.79 bits per heavy atom. The maximum atomic E-state index is 10.6. The van der Waals surface area contributed by atoms with E-state index in [2.05, 4.69) is 49.5 Å². The lowest BCUT2D eigenvalue weighted by Gasteiger charge is -2.20. The maximum absolute atomic E-state index is 10.6. The molecule has 2 N–H and O–H groups in total. The summed E-state index contributed by atoms with van der Waals surface area (Å²) < 4.78 is 0. The molecule has 0 saturated heterocycles. The summed E-state index contributed by atoms with van der Waals surface area (Å²) in [5.74, 6) is 0. The smallest absolute Gasteiger partial charge is 0.0994 e. The highest BCUT2D eigenvalue weighted by atomic mass is 16.3. The van der Waals surface area contributed by atoms with E-state index in [1.165, 1.54) is 16.7 Å². The van der Waals surface area contributed by atoms with Crippen molar-refractivity contribution in [3.63, 3.8) is 0 Å². The van der Waals surface area contributed by atoms with Crippen molar-refractivity contribution in [1.29, 1.82) is 0 Å².